The van der Waals surface area contributed by atoms with Gasteiger partial charge < -0.3 is 64.3 Å². The Balaban J connectivity index is 0.0000129. The number of carbonyl (C=O) groups is 16. The second kappa shape index (κ2) is 46.3. The number of benzene rings is 2. The number of H-pyrrole nitrogens is 1. The van der Waals surface area contributed by atoms with Gasteiger partial charge in [-0.3, -0.25) is 77.2 Å². The van der Waals surface area contributed by atoms with E-state index < -0.39 is 179 Å². The molecule has 1 aliphatic heterocycles. The average molecular weight is 1550 g/mol. The summed E-state index contributed by atoms with van der Waals surface area (Å²) < 4.78 is 0. The average Bonchev–Trinajstić information content (AvgIpc) is 1.81. The largest absolute Gasteiger partial charge is 0.481 e. The number of hydrogen-bond donors (Lipinski definition) is 15. The Hall–Kier alpha value is -9.56. The number of carbonyl (C=O) groups excluding carboxylic acids is 14. The van der Waals surface area contributed by atoms with Crippen LogP contribution in [0, 0.1) is 29.6 Å². The summed E-state index contributed by atoms with van der Waals surface area (Å²) in [6, 6.07) is 2.75. The van der Waals surface area contributed by atoms with Crippen LogP contribution >= 0.6 is 0 Å². The number of aliphatic carboxylic acids is 1. The number of hydrogen-bond acceptors (Lipinski definition) is 21. The Morgan fingerprint density at radius 3 is 1.93 bits per heavy atom. The van der Waals surface area contributed by atoms with Crippen LogP contribution in [0.15, 0.2) is 66.9 Å². The second-order valence-electron chi connectivity index (χ2n) is 30.1. The van der Waals surface area contributed by atoms with E-state index in [0.29, 0.717) is 73.4 Å². The maximum absolute atomic E-state index is 15.2. The number of allylic oxidation sites excluding steroid dienone is 2. The van der Waals surface area contributed by atoms with E-state index in [2.05, 4.69) is 58.8 Å². The fourth-order valence-corrected chi connectivity index (χ4v) is 13.2. The van der Waals surface area contributed by atoms with Crippen molar-refractivity contribution < 1.29 is 86.9 Å². The van der Waals surface area contributed by atoms with Gasteiger partial charge in [-0.2, -0.15) is 0 Å². The smallest absolute Gasteiger partial charge is 0.335 e. The maximum atomic E-state index is 15.2. The number of nitrogens with one attached hydrogen (secondary N) is 10. The van der Waals surface area contributed by atoms with Gasteiger partial charge in [-0.15, -0.1) is 0 Å². The van der Waals surface area contributed by atoms with E-state index >= 15 is 9.59 Å². The summed E-state index contributed by atoms with van der Waals surface area (Å²) in [5.41, 5.74) is 19.4. The van der Waals surface area contributed by atoms with Crippen molar-refractivity contribution in [3.05, 3.63) is 83.6 Å². The fraction of sp³-hybridized carbons (Fsp3) is 0.600. The van der Waals surface area contributed by atoms with Crippen LogP contribution in [0.2, 0.25) is 0 Å². The first-order valence-corrected chi connectivity index (χ1v) is 38.6. The first-order valence-electron chi connectivity index (χ1n) is 38.6. The van der Waals surface area contributed by atoms with Crippen LogP contribution in [-0.2, 0) is 84.8 Å². The summed E-state index contributed by atoms with van der Waals surface area (Å²) in [5, 5.41) is 40.0. The molecule has 5 rings (SSSR count). The number of aromatic nitrogens is 1. The van der Waals surface area contributed by atoms with Crippen LogP contribution in [0.3, 0.4) is 0 Å². The zero-order chi connectivity index (χ0) is 82.9. The van der Waals surface area contributed by atoms with Crippen LogP contribution in [0.5, 0.6) is 0 Å². The molecule has 4 unspecified atom stereocenters. The summed E-state index contributed by atoms with van der Waals surface area (Å²) in [7, 11) is 1.50. The molecule has 1 fully saturated rings. The summed E-state index contributed by atoms with van der Waals surface area (Å²) >= 11 is 0. The molecular formula is C80H119N13O18. The Labute approximate surface area is 649 Å². The van der Waals surface area contributed by atoms with Gasteiger partial charge in [0.1, 0.15) is 17.4 Å². The number of fused-ring (bicyclic) bond motifs is 1. The molecule has 13 atom stereocenters. The summed E-state index contributed by atoms with van der Waals surface area (Å²) in [6.07, 6.45) is 9.49. The highest BCUT2D eigenvalue weighted by Gasteiger charge is 2.42. The Kier molecular flexibility index (Phi) is 39.1. The number of carboxylic acids is 2. The number of para-hydroxylation sites is 1. The Morgan fingerprint density at radius 2 is 1.32 bits per heavy atom. The predicted molar refractivity (Wildman–Crippen MR) is 415 cm³/mol. The van der Waals surface area contributed by atoms with Crippen molar-refractivity contribution >= 4 is 105 Å². The molecule has 0 bridgehead atoms. The molecule has 2 heterocycles. The molecule has 18 N–H and O–H groups in total. The third-order valence-corrected chi connectivity index (χ3v) is 20.9. The Bertz CT molecular complexity index is 3780. The van der Waals surface area contributed by atoms with Crippen molar-refractivity contribution in [3.63, 3.8) is 0 Å². The minimum atomic E-state index is -1.76. The fourth-order valence-electron chi connectivity index (χ4n) is 13.2. The zero-order valence-electron chi connectivity index (χ0n) is 65.9. The molecule has 2 aliphatic rings. The molecule has 31 nitrogen and oxygen atoms in total. The minimum Gasteiger partial charge on any atom is -0.481 e. The van der Waals surface area contributed by atoms with E-state index in [1.807, 2.05) is 19.1 Å². The van der Waals surface area contributed by atoms with E-state index in [1.165, 1.54) is 72.9 Å². The van der Waals surface area contributed by atoms with E-state index in [-0.39, 0.29) is 87.0 Å². The van der Waals surface area contributed by atoms with Gasteiger partial charge >= 0.3 is 11.9 Å². The molecular weight excluding hydrogens is 1430 g/mol. The van der Waals surface area contributed by atoms with Gasteiger partial charge in [0.2, 0.25) is 64.5 Å². The van der Waals surface area contributed by atoms with E-state index in [0.717, 1.165) is 19.3 Å². The molecule has 1 aliphatic carbocycles. The third-order valence-electron chi connectivity index (χ3n) is 20.9. The van der Waals surface area contributed by atoms with Gasteiger partial charge in [-0.25, -0.2) is 15.6 Å². The van der Waals surface area contributed by atoms with Gasteiger partial charge in [-0.1, -0.05) is 108 Å². The SMILES string of the molecule is CCC(C)[C@H](NNC(C)C(=O)C(=O)C(C)NC(=O)[C@]1(C)CCC/C=C/CCCCCC[C@@](C)(NCC(C)=O)C(=O)N[C@@H](CCC(=O)O)C(=O)N[C@@H](Cc2ccc(C(=O)O)cc2)C(=O)C[C@@H](Cc2c[nH]c3ccccc23)C(=O)NC(C)C(=O)C(=O)[C@H](CCC(N)=O)NC[C@@H](CC2CCC2)C(=O)N1)C(=O)C[C@H](C)C(N)=O.CN. The molecule has 1 aromatic heterocycles. The predicted octanol–water partition coefficient (Wildman–Crippen LogP) is 3.82. The molecule has 0 spiro atoms. The lowest BCUT2D eigenvalue weighted by Crippen LogP contribution is -2.62. The summed E-state index contributed by atoms with van der Waals surface area (Å²) in [6.45, 7) is 13.0. The normalized spacial score (nSPS) is 24.0. The molecule has 0 radical (unpaired) electrons. The number of nitrogens with two attached hydrogens (primary N) is 3. The standard InChI is InChI=1S/C79H114N12O18.CH5N/c1-10-45(2)66(63(94)37-46(3)71(81)102)91-90-50(7)69(100)67(98)49(6)86-77(109)79(9)36-21-17-15-13-11-12-14-16-20-35-78(8,84-42-47(4)92)76(108)88-60(32-34-65(96)97)74(105)87-61(39-52-27-29-53(30-28-52)75(106)107)62(93)41-54(40-55-43-82-58-26-19-18-25-57(55)58)72(103)85-48(5)68(99)70(101)59(31-33-64(80)95)83-44-56(73(104)89-79)38-51-23-22-24-51;1-2/h13,15,18-19,25-30,43,45-46,48-51,54,56,59-61,66,82-84,90-91H,10-12,14,16-17,20-24,31-42,44H2,1-9H3,(H2,80,95)(H2,81,102)(H,85,103)(H,86,109)(H,87,105)(H,88,108)(H,89,104)(H,96,97)(H,106,107);2H2,1H3/b15-13+;/t45?,46-,48?,49?,50?,54+,56+,59-,60-,61-,66-,78+,79-;/m0./s1. The van der Waals surface area contributed by atoms with Crippen molar-refractivity contribution in [1.29, 1.82) is 0 Å². The number of Topliss-reactive ketones (excluding diaryl/α,β-unsaturated/α-hetero) is 7. The summed E-state index contributed by atoms with van der Waals surface area (Å²) in [4.78, 5) is 224. The maximum Gasteiger partial charge on any atom is 0.335 e. The minimum absolute atomic E-state index is 0.00336. The van der Waals surface area contributed by atoms with E-state index in [4.69, 9.17) is 11.5 Å². The zero-order valence-corrected chi connectivity index (χ0v) is 65.9. The number of aromatic carboxylic acids is 1. The highest BCUT2D eigenvalue weighted by atomic mass is 16.4. The highest BCUT2D eigenvalue weighted by molar-refractivity contribution is 6.41. The lowest BCUT2D eigenvalue weighted by molar-refractivity contribution is -0.141. The number of rotatable bonds is 30. The molecule has 2 aromatic carbocycles. The molecule has 1 saturated carbocycles. The lowest BCUT2D eigenvalue weighted by atomic mass is 9.78. The number of hydrazine groups is 1. The first kappa shape index (κ1) is 93.8. The molecule has 31 heteroatoms. The molecule has 7 amide bonds. The lowest BCUT2D eigenvalue weighted by Gasteiger charge is -2.35. The monoisotopic (exact) mass is 1550 g/mol. The highest BCUT2D eigenvalue weighted by Crippen LogP contribution is 2.33. The van der Waals surface area contributed by atoms with Crippen molar-refractivity contribution in [2.75, 3.05) is 20.1 Å². The van der Waals surface area contributed by atoms with Crippen LogP contribution in [-0.4, -0.2) is 182 Å². The number of aromatic amines is 1. The molecule has 612 valence electrons. The first-order chi connectivity index (χ1) is 52.5. The molecule has 111 heavy (non-hydrogen) atoms. The Morgan fingerprint density at radius 1 is 0.676 bits per heavy atom. The molecule has 0 saturated heterocycles. The van der Waals surface area contributed by atoms with Crippen LogP contribution in [0.1, 0.15) is 212 Å². The molecule has 3 aromatic rings. The van der Waals surface area contributed by atoms with Crippen molar-refractivity contribution in [2.45, 2.75) is 257 Å². The van der Waals surface area contributed by atoms with E-state index in [1.54, 1.807) is 44.3 Å². The van der Waals surface area contributed by atoms with Crippen molar-refractivity contribution in [2.24, 2.45) is 46.8 Å². The van der Waals surface area contributed by atoms with Crippen LogP contribution in [0.25, 0.3) is 10.9 Å². The van der Waals surface area contributed by atoms with Crippen molar-refractivity contribution in [1.82, 2.24) is 53.1 Å². The van der Waals surface area contributed by atoms with E-state index in [9.17, 15) is 77.3 Å². The number of ketones is 7. The van der Waals surface area contributed by atoms with Crippen LogP contribution < -0.4 is 65.3 Å². The number of primary amides is 2. The number of carboxylic acid groups (broad SMARTS) is 2. The van der Waals surface area contributed by atoms with Gasteiger partial charge in [0, 0.05) is 61.2 Å². The summed E-state index contributed by atoms with van der Waals surface area (Å²) in [5.74, 6) is -17.1. The van der Waals surface area contributed by atoms with Gasteiger partial charge in [-0.05, 0) is 160 Å². The van der Waals surface area contributed by atoms with Crippen molar-refractivity contribution in [3.8, 4) is 0 Å². The van der Waals surface area contributed by atoms with Gasteiger partial charge in [0.25, 0.3) is 0 Å². The van der Waals surface area contributed by atoms with Crippen LogP contribution in [0.4, 0.5) is 0 Å². The quantitative estimate of drug-likeness (QED) is 0.0256. The van der Waals surface area contributed by atoms with Gasteiger partial charge in [0.05, 0.1) is 59.8 Å². The number of amides is 7. The second-order valence-corrected chi connectivity index (χ2v) is 30.1. The topological polar surface area (TPSA) is 516 Å². The third kappa shape index (κ3) is 30.2. The van der Waals surface area contributed by atoms with Gasteiger partial charge in [0.15, 0.2) is 11.6 Å².